The first kappa shape index (κ1) is 17.0. The van der Waals surface area contributed by atoms with E-state index in [9.17, 15) is 22.0 Å². The minimum atomic E-state index is -4.66. The Hall–Kier alpha value is -1.80. The van der Waals surface area contributed by atoms with Crippen molar-refractivity contribution in [1.29, 1.82) is 0 Å². The summed E-state index contributed by atoms with van der Waals surface area (Å²) in [6.07, 6.45) is 0.721. The minimum Gasteiger partial charge on any atom is -0.308 e. The van der Waals surface area contributed by atoms with Crippen LogP contribution >= 0.6 is 15.9 Å². The third kappa shape index (κ3) is 2.95. The Morgan fingerprint density at radius 1 is 1.12 bits per heavy atom. The van der Waals surface area contributed by atoms with Crippen molar-refractivity contribution in [1.82, 2.24) is 0 Å². The van der Waals surface area contributed by atoms with Crippen LogP contribution in [0.1, 0.15) is 15.9 Å². The van der Waals surface area contributed by atoms with Crippen molar-refractivity contribution in [3.05, 3.63) is 58.1 Å². The predicted octanol–water partition coefficient (Wildman–Crippen LogP) is 3.65. The summed E-state index contributed by atoms with van der Waals surface area (Å²) in [7, 11) is -4.66. The summed E-state index contributed by atoms with van der Waals surface area (Å²) in [5.74, 6) is -3.78. The Morgan fingerprint density at radius 3 is 2.42 bits per heavy atom. The summed E-state index contributed by atoms with van der Waals surface area (Å²) in [6, 6.07) is 10.2. The Morgan fingerprint density at radius 2 is 1.79 bits per heavy atom. The lowest BCUT2D eigenvalue weighted by Crippen LogP contribution is -2.28. The molecule has 2 aromatic rings. The number of sulfone groups is 1. The molecule has 0 saturated carbocycles. The van der Waals surface area contributed by atoms with Crippen LogP contribution < -0.4 is 4.90 Å². The van der Waals surface area contributed by atoms with Crippen LogP contribution in [0.15, 0.2) is 51.8 Å². The molecule has 0 aliphatic carbocycles. The molecule has 0 radical (unpaired) electrons. The lowest BCUT2D eigenvalue weighted by Gasteiger charge is -2.17. The van der Waals surface area contributed by atoms with Crippen molar-refractivity contribution in [3.8, 4) is 0 Å². The van der Waals surface area contributed by atoms with Gasteiger partial charge >= 0.3 is 5.76 Å². The van der Waals surface area contributed by atoms with E-state index in [1.165, 1.54) is 12.1 Å². The van der Waals surface area contributed by atoms with Gasteiger partial charge < -0.3 is 4.90 Å². The van der Waals surface area contributed by atoms with Gasteiger partial charge in [-0.2, -0.15) is 8.78 Å². The van der Waals surface area contributed by atoms with Crippen LogP contribution in [0.4, 0.5) is 14.5 Å². The average Bonchev–Trinajstić information content (AvgIpc) is 2.97. The molecule has 8 heteroatoms. The Balaban J connectivity index is 1.88. The summed E-state index contributed by atoms with van der Waals surface area (Å²) in [5, 5.41) is 0. The lowest BCUT2D eigenvalue weighted by atomic mass is 10.1. The van der Waals surface area contributed by atoms with Crippen LogP contribution in [0.2, 0.25) is 0 Å². The van der Waals surface area contributed by atoms with E-state index in [4.69, 9.17) is 0 Å². The van der Waals surface area contributed by atoms with Crippen LogP contribution in [0, 0.1) is 0 Å². The van der Waals surface area contributed by atoms with Gasteiger partial charge in [0.15, 0.2) is 0 Å². The summed E-state index contributed by atoms with van der Waals surface area (Å²) >= 11 is 3.38. The summed E-state index contributed by atoms with van der Waals surface area (Å²) in [6.45, 7) is 0.516. The SMILES string of the molecule is O=C(c1ccc(S(=O)(=O)C(F)F)cc1)N1CCc2cc(Br)ccc21. The van der Waals surface area contributed by atoms with Crippen molar-refractivity contribution in [2.45, 2.75) is 17.1 Å². The van der Waals surface area contributed by atoms with Crippen LogP contribution in [-0.4, -0.2) is 26.6 Å². The highest BCUT2D eigenvalue weighted by atomic mass is 79.9. The van der Waals surface area contributed by atoms with E-state index in [0.717, 1.165) is 34.3 Å². The first-order chi connectivity index (χ1) is 11.3. The smallest absolute Gasteiger partial charge is 0.308 e. The maximum absolute atomic E-state index is 12.6. The van der Waals surface area contributed by atoms with Gasteiger partial charge in [0.1, 0.15) is 0 Å². The molecule has 1 heterocycles. The molecule has 1 aliphatic heterocycles. The zero-order valence-electron chi connectivity index (χ0n) is 12.2. The van der Waals surface area contributed by atoms with Crippen molar-refractivity contribution in [3.63, 3.8) is 0 Å². The van der Waals surface area contributed by atoms with Crippen LogP contribution in [-0.2, 0) is 16.3 Å². The highest BCUT2D eigenvalue weighted by Crippen LogP contribution is 2.31. The zero-order valence-corrected chi connectivity index (χ0v) is 14.6. The topological polar surface area (TPSA) is 54.5 Å². The van der Waals surface area contributed by atoms with Crippen LogP contribution in [0.25, 0.3) is 0 Å². The minimum absolute atomic E-state index is 0.249. The summed E-state index contributed by atoms with van der Waals surface area (Å²) < 4.78 is 48.8. The molecule has 0 unspecified atom stereocenters. The average molecular weight is 416 g/mol. The molecule has 0 saturated heterocycles. The molecule has 2 aromatic carbocycles. The molecule has 126 valence electrons. The molecule has 3 rings (SSSR count). The van der Waals surface area contributed by atoms with Crippen molar-refractivity contribution < 1.29 is 22.0 Å². The molecule has 24 heavy (non-hydrogen) atoms. The molecular formula is C16H12BrF2NO3S. The van der Waals surface area contributed by atoms with E-state index in [0.29, 0.717) is 6.54 Å². The number of amides is 1. The van der Waals surface area contributed by atoms with Gasteiger partial charge in [0, 0.05) is 22.3 Å². The Kier molecular flexibility index (Phi) is 4.44. The van der Waals surface area contributed by atoms with Gasteiger partial charge in [-0.05, 0) is 54.4 Å². The monoisotopic (exact) mass is 415 g/mol. The van der Waals surface area contributed by atoms with Gasteiger partial charge in [0.25, 0.3) is 5.91 Å². The third-order valence-electron chi connectivity index (χ3n) is 3.85. The van der Waals surface area contributed by atoms with Crippen LogP contribution in [0.3, 0.4) is 0 Å². The van der Waals surface area contributed by atoms with Crippen molar-refractivity contribution >= 4 is 37.4 Å². The molecule has 0 spiro atoms. The molecule has 0 aromatic heterocycles. The van der Waals surface area contributed by atoms with E-state index in [2.05, 4.69) is 15.9 Å². The number of rotatable bonds is 3. The third-order valence-corrected chi connectivity index (χ3v) is 5.74. The van der Waals surface area contributed by atoms with Crippen LogP contribution in [0.5, 0.6) is 0 Å². The molecule has 4 nitrogen and oxygen atoms in total. The van der Waals surface area contributed by atoms with Gasteiger partial charge in [0.05, 0.1) is 4.90 Å². The molecule has 0 fully saturated rings. The maximum Gasteiger partial charge on any atom is 0.341 e. The fraction of sp³-hybridized carbons (Fsp3) is 0.188. The fourth-order valence-electron chi connectivity index (χ4n) is 2.63. The van der Waals surface area contributed by atoms with Crippen molar-refractivity contribution in [2.75, 3.05) is 11.4 Å². The second-order valence-electron chi connectivity index (χ2n) is 5.31. The number of alkyl halides is 2. The predicted molar refractivity (Wildman–Crippen MR) is 89.2 cm³/mol. The first-order valence-corrected chi connectivity index (χ1v) is 9.37. The van der Waals surface area contributed by atoms with Gasteiger partial charge in [-0.1, -0.05) is 15.9 Å². The number of nitrogens with zero attached hydrogens (tertiary/aromatic N) is 1. The number of fused-ring (bicyclic) bond motifs is 1. The number of carbonyl (C=O) groups is 1. The van der Waals surface area contributed by atoms with E-state index in [1.807, 2.05) is 18.2 Å². The van der Waals surface area contributed by atoms with Gasteiger partial charge in [0.2, 0.25) is 9.84 Å². The highest BCUT2D eigenvalue weighted by Gasteiger charge is 2.28. The Bertz CT molecular complexity index is 898. The quantitative estimate of drug-likeness (QED) is 0.768. The van der Waals surface area contributed by atoms with E-state index in [-0.39, 0.29) is 11.5 Å². The molecule has 0 N–H and O–H groups in total. The van der Waals surface area contributed by atoms with Crippen molar-refractivity contribution in [2.24, 2.45) is 0 Å². The molecular weight excluding hydrogens is 404 g/mol. The standard InChI is InChI=1S/C16H12BrF2NO3S/c17-12-3-6-14-11(9-12)7-8-20(14)15(21)10-1-4-13(5-2-10)24(22,23)16(18)19/h1-6,9,16H,7-8H2. The van der Waals surface area contributed by atoms with Gasteiger partial charge in [-0.3, -0.25) is 4.79 Å². The molecule has 0 bridgehead atoms. The molecule has 0 atom stereocenters. The number of hydrogen-bond donors (Lipinski definition) is 0. The summed E-state index contributed by atoms with van der Waals surface area (Å²) in [4.78, 5) is 13.7. The number of halogens is 3. The first-order valence-electron chi connectivity index (χ1n) is 7.03. The molecule has 1 amide bonds. The number of carbonyl (C=O) groups excluding carboxylic acids is 1. The number of anilines is 1. The summed E-state index contributed by atoms with van der Waals surface area (Å²) in [5.41, 5.74) is 2.08. The molecule has 1 aliphatic rings. The van der Waals surface area contributed by atoms with Gasteiger partial charge in [-0.25, -0.2) is 8.42 Å². The normalized spacial score (nSPS) is 14.1. The Labute approximate surface area is 146 Å². The number of hydrogen-bond acceptors (Lipinski definition) is 3. The van der Waals surface area contributed by atoms with Gasteiger partial charge in [-0.15, -0.1) is 0 Å². The lowest BCUT2D eigenvalue weighted by molar-refractivity contribution is 0.0989. The van der Waals surface area contributed by atoms with E-state index >= 15 is 0 Å². The maximum atomic E-state index is 12.6. The van der Waals surface area contributed by atoms with E-state index < -0.39 is 20.5 Å². The second kappa shape index (κ2) is 6.25. The largest absolute Gasteiger partial charge is 0.341 e. The number of benzene rings is 2. The zero-order chi connectivity index (χ0) is 17.5. The fourth-order valence-corrected chi connectivity index (χ4v) is 3.76. The second-order valence-corrected chi connectivity index (χ2v) is 8.14. The van der Waals surface area contributed by atoms with E-state index in [1.54, 1.807) is 4.90 Å². The highest BCUT2D eigenvalue weighted by molar-refractivity contribution is 9.10.